The van der Waals surface area contributed by atoms with E-state index in [-0.39, 0.29) is 23.1 Å². The molecule has 0 spiro atoms. The minimum Gasteiger partial charge on any atom is -0.459 e. The van der Waals surface area contributed by atoms with Crippen molar-refractivity contribution in [2.45, 2.75) is 13.0 Å². The van der Waals surface area contributed by atoms with E-state index in [0.717, 1.165) is 11.0 Å². The summed E-state index contributed by atoms with van der Waals surface area (Å²) < 4.78 is 5.73. The molecule has 3 aromatic rings. The quantitative estimate of drug-likeness (QED) is 0.581. The van der Waals surface area contributed by atoms with Crippen LogP contribution in [0.25, 0.3) is 11.0 Å². The molecule has 0 aliphatic carbocycles. The Labute approximate surface area is 131 Å². The summed E-state index contributed by atoms with van der Waals surface area (Å²) in [4.78, 5) is 14.6. The number of nitrogens with zero attached hydrogens (tertiary/aromatic N) is 3. The molecule has 0 saturated heterocycles. The van der Waals surface area contributed by atoms with Gasteiger partial charge in [-0.3, -0.25) is 10.1 Å². The smallest absolute Gasteiger partial charge is 0.328 e. The lowest BCUT2D eigenvalue weighted by Crippen LogP contribution is -2.10. The van der Waals surface area contributed by atoms with E-state index in [1.807, 2.05) is 37.3 Å². The number of nitrogens with one attached hydrogen (secondary N) is 1. The number of nitriles is 1. The lowest BCUT2D eigenvalue weighted by molar-refractivity contribution is -0.384. The number of anilines is 1. The molecule has 23 heavy (non-hydrogen) atoms. The van der Waals surface area contributed by atoms with Crippen LogP contribution in [-0.2, 0) is 0 Å². The number of furan rings is 1. The summed E-state index contributed by atoms with van der Waals surface area (Å²) >= 11 is 0. The van der Waals surface area contributed by atoms with Crippen molar-refractivity contribution in [2.24, 2.45) is 0 Å². The lowest BCUT2D eigenvalue weighted by Gasteiger charge is -2.12. The van der Waals surface area contributed by atoms with Crippen LogP contribution in [0.3, 0.4) is 0 Å². The molecule has 0 fully saturated rings. The van der Waals surface area contributed by atoms with E-state index in [2.05, 4.69) is 10.3 Å². The molecule has 7 heteroatoms. The minimum absolute atomic E-state index is 0.0377. The minimum atomic E-state index is -0.612. The number of hydrogen-bond acceptors (Lipinski definition) is 6. The van der Waals surface area contributed by atoms with Crippen LogP contribution in [0.1, 0.15) is 24.3 Å². The first kappa shape index (κ1) is 14.5. The zero-order chi connectivity index (χ0) is 16.4. The highest BCUT2D eigenvalue weighted by atomic mass is 16.6. The fourth-order valence-electron chi connectivity index (χ4n) is 2.33. The maximum Gasteiger partial charge on any atom is 0.328 e. The van der Waals surface area contributed by atoms with Crippen LogP contribution in [0.4, 0.5) is 11.5 Å². The van der Waals surface area contributed by atoms with Crippen LogP contribution in [0.5, 0.6) is 0 Å². The van der Waals surface area contributed by atoms with Crippen molar-refractivity contribution in [3.05, 3.63) is 64.0 Å². The summed E-state index contributed by atoms with van der Waals surface area (Å²) in [5, 5.41) is 24.1. The molecule has 0 aliphatic heterocycles. The van der Waals surface area contributed by atoms with Crippen LogP contribution >= 0.6 is 0 Å². The van der Waals surface area contributed by atoms with E-state index in [4.69, 9.17) is 9.68 Å². The molecule has 114 valence electrons. The number of hydrogen-bond donors (Lipinski definition) is 1. The van der Waals surface area contributed by atoms with Gasteiger partial charge in [0.2, 0.25) is 5.82 Å². The first-order valence-electron chi connectivity index (χ1n) is 6.88. The molecular formula is C16H12N4O3. The van der Waals surface area contributed by atoms with E-state index in [9.17, 15) is 10.1 Å². The van der Waals surface area contributed by atoms with Gasteiger partial charge in [-0.25, -0.2) is 4.98 Å². The summed E-state index contributed by atoms with van der Waals surface area (Å²) in [5.74, 6) is 0.673. The maximum atomic E-state index is 11.2. The Morgan fingerprint density at radius 3 is 2.87 bits per heavy atom. The molecule has 1 aromatic carbocycles. The van der Waals surface area contributed by atoms with Gasteiger partial charge < -0.3 is 9.73 Å². The molecular weight excluding hydrogens is 296 g/mol. The molecule has 2 heterocycles. The molecule has 0 bridgehead atoms. The van der Waals surface area contributed by atoms with Gasteiger partial charge in [0.15, 0.2) is 0 Å². The van der Waals surface area contributed by atoms with Gasteiger partial charge in [0.05, 0.1) is 11.0 Å². The van der Waals surface area contributed by atoms with Crippen molar-refractivity contribution >= 4 is 22.5 Å². The Hall–Kier alpha value is -3.40. The Morgan fingerprint density at radius 1 is 1.39 bits per heavy atom. The van der Waals surface area contributed by atoms with E-state index in [1.54, 1.807) is 6.07 Å². The second-order valence-corrected chi connectivity index (χ2v) is 4.98. The van der Waals surface area contributed by atoms with E-state index < -0.39 is 4.92 Å². The third-order valence-electron chi connectivity index (χ3n) is 3.45. The van der Waals surface area contributed by atoms with E-state index in [0.29, 0.717) is 5.76 Å². The molecule has 0 radical (unpaired) electrons. The van der Waals surface area contributed by atoms with Gasteiger partial charge in [-0.2, -0.15) is 5.26 Å². The Bertz CT molecular complexity index is 893. The molecule has 0 aliphatic rings. The Morgan fingerprint density at radius 2 is 2.17 bits per heavy atom. The van der Waals surface area contributed by atoms with Crippen molar-refractivity contribution < 1.29 is 9.34 Å². The second-order valence-electron chi connectivity index (χ2n) is 4.98. The normalized spacial score (nSPS) is 11.8. The number of para-hydroxylation sites is 1. The van der Waals surface area contributed by atoms with Crippen LogP contribution in [0, 0.1) is 21.4 Å². The predicted molar refractivity (Wildman–Crippen MR) is 83.9 cm³/mol. The van der Waals surface area contributed by atoms with Gasteiger partial charge in [0.1, 0.15) is 23.0 Å². The largest absolute Gasteiger partial charge is 0.459 e. The van der Waals surface area contributed by atoms with Crippen molar-refractivity contribution in [1.29, 1.82) is 5.26 Å². The third-order valence-corrected chi connectivity index (χ3v) is 3.45. The van der Waals surface area contributed by atoms with Crippen molar-refractivity contribution in [1.82, 2.24) is 4.98 Å². The monoisotopic (exact) mass is 308 g/mol. The molecule has 1 N–H and O–H groups in total. The summed E-state index contributed by atoms with van der Waals surface area (Å²) in [6, 6.07) is 12.2. The first-order chi connectivity index (χ1) is 11.1. The molecule has 3 rings (SSSR count). The standard InChI is InChI=1S/C16H12N4O3/c1-10(14-8-11-4-2-3-5-13(11)23-14)19-16-15(20(21)22)12(9-17)6-7-18-16/h2-8,10H,1H3,(H,18,19)/t10-/m1/s1. The summed E-state index contributed by atoms with van der Waals surface area (Å²) in [6.07, 6.45) is 1.36. The average Bonchev–Trinajstić information content (AvgIpc) is 2.98. The average molecular weight is 308 g/mol. The summed E-state index contributed by atoms with van der Waals surface area (Å²) in [7, 11) is 0. The van der Waals surface area contributed by atoms with Crippen LogP contribution in [0.15, 0.2) is 47.0 Å². The fraction of sp³-hybridized carbons (Fsp3) is 0.125. The lowest BCUT2D eigenvalue weighted by atomic mass is 10.2. The molecule has 0 unspecified atom stereocenters. The summed E-state index contributed by atoms with van der Waals surface area (Å²) in [6.45, 7) is 1.81. The van der Waals surface area contributed by atoms with Crippen molar-refractivity contribution in [3.8, 4) is 6.07 Å². The highest BCUT2D eigenvalue weighted by molar-refractivity contribution is 5.78. The Kier molecular flexibility index (Phi) is 3.65. The molecule has 0 saturated carbocycles. The maximum absolute atomic E-state index is 11.2. The molecule has 0 amide bonds. The SMILES string of the molecule is C[C@@H](Nc1nccc(C#N)c1[N+](=O)[O-])c1cc2ccccc2o1. The van der Waals surface area contributed by atoms with Gasteiger partial charge in [0, 0.05) is 11.6 Å². The number of benzene rings is 1. The second kappa shape index (κ2) is 5.77. The van der Waals surface area contributed by atoms with Crippen molar-refractivity contribution in [3.63, 3.8) is 0 Å². The first-order valence-corrected chi connectivity index (χ1v) is 6.88. The van der Waals surface area contributed by atoms with Gasteiger partial charge >= 0.3 is 5.69 Å². The number of fused-ring (bicyclic) bond motifs is 1. The number of pyridine rings is 1. The Balaban J connectivity index is 1.95. The van der Waals surface area contributed by atoms with E-state index >= 15 is 0 Å². The van der Waals surface area contributed by atoms with Gasteiger partial charge in [-0.05, 0) is 25.1 Å². The highest BCUT2D eigenvalue weighted by Gasteiger charge is 2.23. The molecule has 2 aromatic heterocycles. The topological polar surface area (TPSA) is 105 Å². The third kappa shape index (κ3) is 2.70. The zero-order valence-corrected chi connectivity index (χ0v) is 12.2. The summed E-state index contributed by atoms with van der Waals surface area (Å²) in [5.41, 5.74) is 0.367. The van der Waals surface area contributed by atoms with Crippen molar-refractivity contribution in [2.75, 3.05) is 5.32 Å². The van der Waals surface area contributed by atoms with Gasteiger partial charge in [0.25, 0.3) is 0 Å². The van der Waals surface area contributed by atoms with Gasteiger partial charge in [-0.1, -0.05) is 18.2 Å². The molecule has 1 atom stereocenters. The highest BCUT2D eigenvalue weighted by Crippen LogP contribution is 2.30. The zero-order valence-electron chi connectivity index (χ0n) is 12.2. The number of nitro groups is 1. The van der Waals surface area contributed by atoms with Gasteiger partial charge in [-0.15, -0.1) is 0 Å². The van der Waals surface area contributed by atoms with Crippen LogP contribution < -0.4 is 5.32 Å². The molecule has 7 nitrogen and oxygen atoms in total. The number of aromatic nitrogens is 1. The number of rotatable bonds is 4. The predicted octanol–water partition coefficient (Wildman–Crippen LogP) is 3.78. The van der Waals surface area contributed by atoms with Crippen LogP contribution in [0.2, 0.25) is 0 Å². The van der Waals surface area contributed by atoms with Crippen LogP contribution in [-0.4, -0.2) is 9.91 Å². The fourth-order valence-corrected chi connectivity index (χ4v) is 2.33. The van der Waals surface area contributed by atoms with E-state index in [1.165, 1.54) is 12.3 Å².